The van der Waals surface area contributed by atoms with E-state index in [1.807, 2.05) is 36.5 Å². The van der Waals surface area contributed by atoms with Crippen LogP contribution >= 0.6 is 11.3 Å². The lowest BCUT2D eigenvalue weighted by atomic mass is 10.1. The third-order valence-corrected chi connectivity index (χ3v) is 6.67. The Bertz CT molecular complexity index is 1690. The van der Waals surface area contributed by atoms with Gasteiger partial charge in [-0.15, -0.1) is 0 Å². The van der Waals surface area contributed by atoms with E-state index in [1.165, 1.54) is 0 Å². The lowest BCUT2D eigenvalue weighted by Gasteiger charge is -2.12. The fraction of sp³-hybridized carbons (Fsp3) is 0.143. The molecule has 5 heterocycles. The van der Waals surface area contributed by atoms with Crippen molar-refractivity contribution >= 4 is 39.1 Å². The van der Waals surface area contributed by atoms with Gasteiger partial charge in [0, 0.05) is 23.0 Å². The highest BCUT2D eigenvalue weighted by Crippen LogP contribution is 2.32. The lowest BCUT2D eigenvalue weighted by molar-refractivity contribution is 0.645. The number of pyridine rings is 2. The van der Waals surface area contributed by atoms with E-state index in [1.54, 1.807) is 17.5 Å². The first-order chi connectivity index (χ1) is 17.5. The summed E-state index contributed by atoms with van der Waals surface area (Å²) in [5.74, 6) is 1.21. The SMILES string of the molecule is C=C(CC(C)C)Nc1cncc(-c2ccc3[nH]nc(-c4nc5c(-c6ccsc6)cccc5[nH]4)c3n2)c1. The number of benzene rings is 1. The Labute approximate surface area is 212 Å². The van der Waals surface area contributed by atoms with Crippen LogP contribution in [0.4, 0.5) is 5.69 Å². The number of H-pyrrole nitrogens is 2. The van der Waals surface area contributed by atoms with E-state index in [0.717, 1.165) is 62.3 Å². The molecule has 8 heteroatoms. The second kappa shape index (κ2) is 9.05. The normalized spacial score (nSPS) is 11.5. The second-order valence-electron chi connectivity index (χ2n) is 9.25. The molecule has 0 amide bonds. The highest BCUT2D eigenvalue weighted by Gasteiger charge is 2.17. The summed E-state index contributed by atoms with van der Waals surface area (Å²) in [6, 6.07) is 14.3. The number of fused-ring (bicyclic) bond motifs is 2. The second-order valence-corrected chi connectivity index (χ2v) is 10.0. The topological polar surface area (TPSA) is 95.2 Å². The van der Waals surface area contributed by atoms with Gasteiger partial charge in [0.15, 0.2) is 11.5 Å². The van der Waals surface area contributed by atoms with Crippen molar-refractivity contribution in [2.45, 2.75) is 20.3 Å². The number of aromatic nitrogens is 6. The quantitative estimate of drug-likeness (QED) is 0.218. The maximum absolute atomic E-state index is 4.95. The number of hydrogen-bond donors (Lipinski definition) is 3. The molecule has 0 aliphatic carbocycles. The van der Waals surface area contributed by atoms with Crippen molar-refractivity contribution in [3.8, 4) is 33.9 Å². The van der Waals surface area contributed by atoms with Crippen molar-refractivity contribution < 1.29 is 0 Å². The summed E-state index contributed by atoms with van der Waals surface area (Å²) in [6.45, 7) is 8.48. The number of hydrogen-bond acceptors (Lipinski definition) is 6. The minimum atomic E-state index is 0.532. The Hall–Kier alpha value is -4.30. The van der Waals surface area contributed by atoms with Crippen molar-refractivity contribution in [3.05, 3.63) is 77.9 Å². The van der Waals surface area contributed by atoms with Gasteiger partial charge in [-0.25, -0.2) is 9.97 Å². The van der Waals surface area contributed by atoms with Gasteiger partial charge < -0.3 is 10.3 Å². The smallest absolute Gasteiger partial charge is 0.161 e. The Morgan fingerprint density at radius 3 is 2.78 bits per heavy atom. The lowest BCUT2D eigenvalue weighted by Crippen LogP contribution is -2.02. The molecule has 6 rings (SSSR count). The van der Waals surface area contributed by atoms with Gasteiger partial charge in [-0.3, -0.25) is 10.1 Å². The molecular formula is C28H25N7S. The fourth-order valence-corrected chi connectivity index (χ4v) is 5.07. The van der Waals surface area contributed by atoms with Gasteiger partial charge in [-0.1, -0.05) is 32.6 Å². The Morgan fingerprint density at radius 2 is 1.94 bits per heavy atom. The van der Waals surface area contributed by atoms with Gasteiger partial charge >= 0.3 is 0 Å². The van der Waals surface area contributed by atoms with Crippen LogP contribution in [0.2, 0.25) is 0 Å². The summed E-state index contributed by atoms with van der Waals surface area (Å²) in [5, 5.41) is 15.2. The molecule has 0 fully saturated rings. The van der Waals surface area contributed by atoms with Crippen molar-refractivity contribution in [2.75, 3.05) is 5.32 Å². The van der Waals surface area contributed by atoms with E-state index in [2.05, 4.69) is 68.8 Å². The zero-order valence-corrected chi connectivity index (χ0v) is 20.9. The molecule has 0 bridgehead atoms. The largest absolute Gasteiger partial charge is 0.358 e. The van der Waals surface area contributed by atoms with Crippen LogP contribution in [-0.2, 0) is 0 Å². The Morgan fingerprint density at radius 1 is 1.03 bits per heavy atom. The van der Waals surface area contributed by atoms with Crippen LogP contribution in [0.25, 0.3) is 56.0 Å². The molecular weight excluding hydrogens is 466 g/mol. The number of para-hydroxylation sites is 1. The molecule has 1 aromatic carbocycles. The predicted molar refractivity (Wildman–Crippen MR) is 148 cm³/mol. The van der Waals surface area contributed by atoms with Crippen molar-refractivity contribution in [1.29, 1.82) is 0 Å². The molecule has 0 aliphatic rings. The molecule has 178 valence electrons. The molecule has 5 aromatic heterocycles. The number of anilines is 1. The monoisotopic (exact) mass is 491 g/mol. The molecule has 0 saturated carbocycles. The molecule has 0 radical (unpaired) electrons. The summed E-state index contributed by atoms with van der Waals surface area (Å²) in [6.07, 6.45) is 4.52. The van der Waals surface area contributed by atoms with E-state index in [-0.39, 0.29) is 0 Å². The molecule has 0 spiro atoms. The van der Waals surface area contributed by atoms with E-state index >= 15 is 0 Å². The Balaban J connectivity index is 1.38. The maximum Gasteiger partial charge on any atom is 0.161 e. The fourth-order valence-electron chi connectivity index (χ4n) is 4.42. The maximum atomic E-state index is 4.95. The van der Waals surface area contributed by atoms with Crippen LogP contribution in [-0.4, -0.2) is 30.1 Å². The summed E-state index contributed by atoms with van der Waals surface area (Å²) in [5.41, 5.74) is 10.0. The van der Waals surface area contributed by atoms with Crippen molar-refractivity contribution in [2.24, 2.45) is 5.92 Å². The summed E-state index contributed by atoms with van der Waals surface area (Å²) in [4.78, 5) is 17.7. The minimum absolute atomic E-state index is 0.532. The van der Waals surface area contributed by atoms with E-state index in [4.69, 9.17) is 9.97 Å². The van der Waals surface area contributed by atoms with Crippen LogP contribution in [0.15, 0.2) is 77.9 Å². The molecule has 0 saturated heterocycles. The zero-order chi connectivity index (χ0) is 24.6. The third-order valence-electron chi connectivity index (χ3n) is 5.99. The third kappa shape index (κ3) is 4.16. The van der Waals surface area contributed by atoms with Crippen molar-refractivity contribution in [1.82, 2.24) is 30.1 Å². The molecule has 36 heavy (non-hydrogen) atoms. The van der Waals surface area contributed by atoms with Gasteiger partial charge in [0.05, 0.1) is 34.1 Å². The molecule has 6 aromatic rings. The number of rotatable bonds is 7. The highest BCUT2D eigenvalue weighted by atomic mass is 32.1. The van der Waals surface area contributed by atoms with Crippen LogP contribution in [0.5, 0.6) is 0 Å². The summed E-state index contributed by atoms with van der Waals surface area (Å²) < 4.78 is 0. The van der Waals surface area contributed by atoms with Crippen LogP contribution in [0.1, 0.15) is 20.3 Å². The number of allylic oxidation sites excluding steroid dienone is 1. The average molecular weight is 492 g/mol. The molecule has 0 atom stereocenters. The first kappa shape index (κ1) is 22.2. The summed E-state index contributed by atoms with van der Waals surface area (Å²) >= 11 is 1.68. The number of imidazole rings is 1. The van der Waals surface area contributed by atoms with Gasteiger partial charge in [-0.2, -0.15) is 16.4 Å². The van der Waals surface area contributed by atoms with E-state index in [9.17, 15) is 0 Å². The first-order valence-electron chi connectivity index (χ1n) is 11.8. The van der Waals surface area contributed by atoms with E-state index in [0.29, 0.717) is 17.4 Å². The van der Waals surface area contributed by atoms with Gasteiger partial charge in [0.25, 0.3) is 0 Å². The molecule has 0 aliphatic heterocycles. The van der Waals surface area contributed by atoms with Crippen LogP contribution < -0.4 is 5.32 Å². The zero-order valence-electron chi connectivity index (χ0n) is 20.0. The van der Waals surface area contributed by atoms with E-state index < -0.39 is 0 Å². The van der Waals surface area contributed by atoms with Crippen LogP contribution in [0.3, 0.4) is 0 Å². The van der Waals surface area contributed by atoms with Crippen LogP contribution in [0, 0.1) is 5.92 Å². The number of thiophene rings is 1. The number of nitrogens with one attached hydrogen (secondary N) is 3. The first-order valence-corrected chi connectivity index (χ1v) is 12.8. The van der Waals surface area contributed by atoms with Gasteiger partial charge in [0.2, 0.25) is 0 Å². The molecule has 3 N–H and O–H groups in total. The molecule has 0 unspecified atom stereocenters. The van der Waals surface area contributed by atoms with Gasteiger partial charge in [0.1, 0.15) is 5.52 Å². The Kier molecular flexibility index (Phi) is 5.58. The number of nitrogens with zero attached hydrogens (tertiary/aromatic N) is 4. The average Bonchev–Trinajstić information content (AvgIpc) is 3.62. The summed E-state index contributed by atoms with van der Waals surface area (Å²) in [7, 11) is 0. The standard InChI is InChI=1S/C28H25N7S/c1-16(2)11-17(3)30-20-12-19(13-29-14-20)22-7-8-24-26(31-22)27(35-34-24)28-32-23-6-4-5-21(25(23)33-28)18-9-10-36-15-18/h4-10,12-16,30H,3,11H2,1-2H3,(H,32,33)(H,34,35). The molecule has 7 nitrogen and oxygen atoms in total. The minimum Gasteiger partial charge on any atom is -0.358 e. The number of aromatic amines is 2. The van der Waals surface area contributed by atoms with Crippen molar-refractivity contribution in [3.63, 3.8) is 0 Å². The van der Waals surface area contributed by atoms with Gasteiger partial charge in [-0.05, 0) is 59.0 Å². The predicted octanol–water partition coefficient (Wildman–Crippen LogP) is 7.26. The highest BCUT2D eigenvalue weighted by molar-refractivity contribution is 7.08.